The van der Waals surface area contributed by atoms with Crippen molar-refractivity contribution in [3.63, 3.8) is 0 Å². The maximum absolute atomic E-state index is 15.1. The predicted octanol–water partition coefficient (Wildman–Crippen LogP) is 4.63. The number of aromatic nitrogens is 2. The molecule has 2 aromatic carbocycles. The largest absolute Gasteiger partial charge is 0.391 e. The molecule has 2 saturated heterocycles. The van der Waals surface area contributed by atoms with Crippen molar-refractivity contribution >= 4 is 51.0 Å². The second-order valence-electron chi connectivity index (χ2n) is 17.9. The minimum absolute atomic E-state index is 0.0594. The Morgan fingerprint density at radius 3 is 2.09 bits per heavy atom. The molecule has 4 heterocycles. The molecule has 3 amide bonds. The number of anilines is 1. The summed E-state index contributed by atoms with van der Waals surface area (Å²) in [5.41, 5.74) is 2.49. The SMILES string of the molecule is CC[C@@H](C)C(=O)N[C@@H](CCOC)C(=O)N1C[C@@H](O)C[C@H]1CNc1cn(-n2cc(CC[C@@H]3C[C@H](O)CN3C(=O)C(CCCOC)CC(=O)[C@H](C)NC)c3ccc(F)cc32)c2cc(F)ccc12. The second kappa shape index (κ2) is 22.5. The van der Waals surface area contributed by atoms with E-state index in [9.17, 15) is 29.4 Å². The van der Waals surface area contributed by atoms with Gasteiger partial charge in [0.2, 0.25) is 17.7 Å². The first-order valence-electron chi connectivity index (χ1n) is 23.0. The average Bonchev–Trinajstić information content (AvgIpc) is 4.06. The van der Waals surface area contributed by atoms with Crippen molar-refractivity contribution in [2.24, 2.45) is 11.8 Å². The molecule has 6 rings (SSSR count). The third kappa shape index (κ3) is 11.7. The Labute approximate surface area is 379 Å². The Hall–Kier alpha value is -4.94. The van der Waals surface area contributed by atoms with E-state index in [-0.39, 0.29) is 74.5 Å². The molecule has 1 unspecified atom stereocenters. The minimum Gasteiger partial charge on any atom is -0.391 e. The number of nitrogens with zero attached hydrogens (tertiary/aromatic N) is 4. The highest BCUT2D eigenvalue weighted by Crippen LogP contribution is 2.33. The molecule has 0 aliphatic carbocycles. The van der Waals surface area contributed by atoms with Gasteiger partial charge >= 0.3 is 0 Å². The van der Waals surface area contributed by atoms with Crippen molar-refractivity contribution in [2.45, 2.75) is 115 Å². The summed E-state index contributed by atoms with van der Waals surface area (Å²) in [4.78, 5) is 57.4. The first-order valence-corrected chi connectivity index (χ1v) is 23.0. The van der Waals surface area contributed by atoms with Gasteiger partial charge in [-0.2, -0.15) is 0 Å². The molecule has 356 valence electrons. The van der Waals surface area contributed by atoms with Crippen molar-refractivity contribution in [3.8, 4) is 0 Å². The van der Waals surface area contributed by atoms with E-state index in [0.29, 0.717) is 73.7 Å². The fourth-order valence-electron chi connectivity index (χ4n) is 9.27. The number of amides is 3. The number of methoxy groups -OCH3 is 2. The van der Waals surface area contributed by atoms with Crippen molar-refractivity contribution in [1.29, 1.82) is 0 Å². The Bertz CT molecular complexity index is 2280. The lowest BCUT2D eigenvalue weighted by molar-refractivity contribution is -0.139. The number of halogens is 2. The first-order chi connectivity index (χ1) is 31.2. The van der Waals surface area contributed by atoms with Crippen molar-refractivity contribution in [2.75, 3.05) is 59.4 Å². The molecule has 2 fully saturated rings. The van der Waals surface area contributed by atoms with Crippen LogP contribution in [0.1, 0.15) is 77.7 Å². The molecule has 2 aliphatic rings. The average molecular weight is 908 g/mol. The van der Waals surface area contributed by atoms with Crippen LogP contribution in [0, 0.1) is 23.5 Å². The summed E-state index contributed by atoms with van der Waals surface area (Å²) in [6.45, 7) is 6.69. The van der Waals surface area contributed by atoms with Crippen LogP contribution < -0.4 is 16.0 Å². The number of fused-ring (bicyclic) bond motifs is 2. The zero-order valence-electron chi connectivity index (χ0n) is 38.5. The van der Waals surface area contributed by atoms with Gasteiger partial charge in [-0.1, -0.05) is 13.8 Å². The third-order valence-electron chi connectivity index (χ3n) is 13.3. The number of hydrogen-bond acceptors (Lipinski definition) is 10. The zero-order chi connectivity index (χ0) is 46.9. The second-order valence-corrected chi connectivity index (χ2v) is 17.9. The lowest BCUT2D eigenvalue weighted by Gasteiger charge is -2.30. The molecular formula is C48H67F2N7O8. The molecule has 5 N–H and O–H groups in total. The lowest BCUT2D eigenvalue weighted by atomic mass is 9.92. The van der Waals surface area contributed by atoms with Gasteiger partial charge in [0.1, 0.15) is 23.5 Å². The quantitative estimate of drug-likeness (QED) is 0.0660. The number of aryl methyl sites for hydroxylation is 1. The van der Waals surface area contributed by atoms with Crippen LogP contribution in [0.25, 0.3) is 21.8 Å². The van der Waals surface area contributed by atoms with Gasteiger partial charge in [0.15, 0.2) is 0 Å². The Morgan fingerprint density at radius 2 is 1.45 bits per heavy atom. The van der Waals surface area contributed by atoms with E-state index in [2.05, 4.69) is 16.0 Å². The topological polar surface area (TPSA) is 180 Å². The van der Waals surface area contributed by atoms with Crippen LogP contribution >= 0.6 is 0 Å². The van der Waals surface area contributed by atoms with Crippen molar-refractivity contribution in [1.82, 2.24) is 29.8 Å². The maximum atomic E-state index is 15.1. The third-order valence-corrected chi connectivity index (χ3v) is 13.3. The predicted molar refractivity (Wildman–Crippen MR) is 244 cm³/mol. The Kier molecular flexibility index (Phi) is 17.1. The van der Waals surface area contributed by atoms with E-state index >= 15 is 8.78 Å². The van der Waals surface area contributed by atoms with E-state index in [1.54, 1.807) is 65.5 Å². The summed E-state index contributed by atoms with van der Waals surface area (Å²) in [7, 11) is 4.83. The van der Waals surface area contributed by atoms with E-state index < -0.39 is 47.9 Å². The van der Waals surface area contributed by atoms with Crippen LogP contribution in [-0.4, -0.2) is 143 Å². The molecule has 0 bridgehead atoms. The molecular weight excluding hydrogens is 841 g/mol. The van der Waals surface area contributed by atoms with Gasteiger partial charge < -0.3 is 45.4 Å². The minimum atomic E-state index is -0.834. The summed E-state index contributed by atoms with van der Waals surface area (Å²) >= 11 is 0. The fraction of sp³-hybridized carbons (Fsp3) is 0.583. The summed E-state index contributed by atoms with van der Waals surface area (Å²) < 4.78 is 44.2. The summed E-state index contributed by atoms with van der Waals surface area (Å²) in [6, 6.07) is 6.94. The van der Waals surface area contributed by atoms with Gasteiger partial charge in [-0.3, -0.25) is 28.5 Å². The molecule has 17 heteroatoms. The first kappa shape index (κ1) is 49.5. The maximum Gasteiger partial charge on any atom is 0.245 e. The normalized spacial score (nSPS) is 20.6. The van der Waals surface area contributed by atoms with Crippen molar-refractivity contribution < 1.29 is 47.6 Å². The zero-order valence-corrected chi connectivity index (χ0v) is 38.5. The van der Waals surface area contributed by atoms with Crippen LogP contribution in [0.3, 0.4) is 0 Å². The van der Waals surface area contributed by atoms with Gasteiger partial charge in [0.25, 0.3) is 0 Å². The Morgan fingerprint density at radius 1 is 0.831 bits per heavy atom. The van der Waals surface area contributed by atoms with Gasteiger partial charge in [-0.15, -0.1) is 0 Å². The van der Waals surface area contributed by atoms with Crippen LogP contribution in [0.5, 0.6) is 0 Å². The van der Waals surface area contributed by atoms with Gasteiger partial charge in [0, 0.05) is 100 Å². The summed E-state index contributed by atoms with van der Waals surface area (Å²) in [5, 5.41) is 32.4. The summed E-state index contributed by atoms with van der Waals surface area (Å²) in [6.07, 6.45) is 5.86. The number of carbonyl (C=O) groups is 4. The van der Waals surface area contributed by atoms with Crippen molar-refractivity contribution in [3.05, 3.63) is 66.0 Å². The molecule has 0 saturated carbocycles. The number of β-amino-alcohol motifs (C(OH)–C–C–N with tert-alkyl or cyclic N) is 2. The number of likely N-dealkylation sites (N-methyl/N-ethyl adjacent to an activating group) is 1. The van der Waals surface area contributed by atoms with Gasteiger partial charge in [0.05, 0.1) is 47.2 Å². The Balaban J connectivity index is 1.25. The van der Waals surface area contributed by atoms with E-state index in [0.717, 1.165) is 10.9 Å². The number of Topliss-reactive ketones (excluding diaryl/α,β-unsaturated/α-hetero) is 1. The van der Waals surface area contributed by atoms with Crippen LogP contribution in [0.4, 0.5) is 14.5 Å². The highest BCUT2D eigenvalue weighted by molar-refractivity contribution is 5.94. The standard InChI is InChI=1S/C48H67F2N7O8/c1-7-29(2)46(61)53-41(16-18-65-6)48(63)55-27-38(59)23-36(55)24-52-42-28-57(44-21-34(50)12-15-40(42)44)56-25-32(39-14-11-33(49)20-43(39)56)10-13-35-22-37(58)26-54(35)47(62)31(9-8-17-64-5)19-45(60)30(3)51-4/h11-12,14-15,20-21,25,28-31,35-38,41,51-52,58-59H,7-10,13,16-19,22-24,26-27H2,1-6H3,(H,53,61)/t29-,30+,31?,35-,36+,37+,38+,41+/m1/s1. The molecule has 4 aromatic rings. The number of carbonyl (C=O) groups excluding carboxylic acids is 4. The number of hydrogen-bond donors (Lipinski definition) is 5. The fourth-order valence-corrected chi connectivity index (χ4v) is 9.27. The lowest BCUT2D eigenvalue weighted by Crippen LogP contribution is -2.52. The summed E-state index contributed by atoms with van der Waals surface area (Å²) in [5.74, 6) is -2.54. The van der Waals surface area contributed by atoms with E-state index in [1.165, 1.54) is 31.4 Å². The number of rotatable bonds is 23. The molecule has 2 aromatic heterocycles. The number of aliphatic hydroxyl groups excluding tert-OH is 2. The number of aliphatic hydroxyl groups is 2. The molecule has 0 radical (unpaired) electrons. The molecule has 0 spiro atoms. The highest BCUT2D eigenvalue weighted by Gasteiger charge is 2.39. The monoisotopic (exact) mass is 908 g/mol. The number of benzene rings is 2. The van der Waals surface area contributed by atoms with E-state index in [1.807, 2.05) is 13.1 Å². The number of ether oxygens (including phenoxy) is 2. The van der Waals surface area contributed by atoms with Gasteiger partial charge in [-0.05, 0) is 95.2 Å². The molecule has 65 heavy (non-hydrogen) atoms. The number of nitrogens with one attached hydrogen (secondary N) is 3. The molecule has 2 aliphatic heterocycles. The van der Waals surface area contributed by atoms with Crippen LogP contribution in [-0.2, 0) is 35.1 Å². The smallest absolute Gasteiger partial charge is 0.245 e. The molecule has 15 nitrogen and oxygen atoms in total. The number of likely N-dealkylation sites (tertiary alicyclic amines) is 2. The van der Waals surface area contributed by atoms with Crippen LogP contribution in [0.2, 0.25) is 0 Å². The van der Waals surface area contributed by atoms with Gasteiger partial charge in [-0.25, -0.2) is 8.78 Å². The molecule has 8 atom stereocenters. The number of ketones is 1. The van der Waals surface area contributed by atoms with E-state index in [4.69, 9.17) is 9.47 Å². The van der Waals surface area contributed by atoms with Crippen LogP contribution in [0.15, 0.2) is 48.8 Å². The highest BCUT2D eigenvalue weighted by atomic mass is 19.1.